The number of benzene rings is 1. The number of carboxylic acids is 1. The van der Waals surface area contributed by atoms with Gasteiger partial charge in [-0.2, -0.15) is 11.8 Å². The first kappa shape index (κ1) is 14.7. The zero-order chi connectivity index (χ0) is 14.9. The molecule has 1 spiro atoms. The molecule has 3 rings (SSSR count). The number of aryl methyl sites for hydroxylation is 1. The Hall–Kier alpha value is -1.20. The minimum atomic E-state index is -0.905. The van der Waals surface area contributed by atoms with E-state index in [1.165, 1.54) is 5.75 Å². The van der Waals surface area contributed by atoms with Crippen LogP contribution in [0.15, 0.2) is 18.2 Å². The summed E-state index contributed by atoms with van der Waals surface area (Å²) in [6, 6.07) is 5.04. The average molecular weight is 308 g/mol. The molecule has 0 bridgehead atoms. The number of carbonyl (C=O) groups is 1. The molecule has 0 aliphatic carbocycles. The summed E-state index contributed by atoms with van der Waals surface area (Å²) < 4.78 is 12.1. The lowest BCUT2D eigenvalue weighted by atomic mass is 9.91. The maximum absolute atomic E-state index is 11.0. The van der Waals surface area contributed by atoms with E-state index in [-0.39, 0.29) is 11.7 Å². The van der Waals surface area contributed by atoms with Crippen molar-refractivity contribution in [1.82, 2.24) is 0 Å². The van der Waals surface area contributed by atoms with Crippen molar-refractivity contribution in [2.24, 2.45) is 0 Å². The molecule has 5 heteroatoms. The number of hydrogen-bond donors (Lipinski definition) is 1. The van der Waals surface area contributed by atoms with E-state index < -0.39 is 5.97 Å². The molecule has 1 N–H and O–H groups in total. The van der Waals surface area contributed by atoms with Crippen molar-refractivity contribution in [3.05, 3.63) is 29.3 Å². The number of aromatic carboxylic acids is 1. The first-order valence-corrected chi connectivity index (χ1v) is 8.46. The first-order chi connectivity index (χ1) is 10.1. The highest BCUT2D eigenvalue weighted by molar-refractivity contribution is 7.99. The van der Waals surface area contributed by atoms with Crippen LogP contribution in [0.1, 0.15) is 35.2 Å². The van der Waals surface area contributed by atoms with Crippen molar-refractivity contribution < 1.29 is 19.4 Å². The number of thioether (sulfide) groups is 1. The molecule has 1 aromatic carbocycles. The van der Waals surface area contributed by atoms with Crippen LogP contribution in [-0.4, -0.2) is 40.9 Å². The molecule has 21 heavy (non-hydrogen) atoms. The van der Waals surface area contributed by atoms with E-state index in [1.807, 2.05) is 18.7 Å². The summed E-state index contributed by atoms with van der Waals surface area (Å²) in [7, 11) is 0. The summed E-state index contributed by atoms with van der Waals surface area (Å²) >= 11 is 1.95. The Labute approximate surface area is 128 Å². The molecule has 0 amide bonds. The molecule has 0 aromatic heterocycles. The van der Waals surface area contributed by atoms with Gasteiger partial charge in [0.1, 0.15) is 11.9 Å². The smallest absolute Gasteiger partial charge is 0.335 e. The second-order valence-electron chi connectivity index (χ2n) is 5.85. The van der Waals surface area contributed by atoms with Gasteiger partial charge in [0.15, 0.2) is 0 Å². The highest BCUT2D eigenvalue weighted by Gasteiger charge is 2.41. The number of ether oxygens (including phenoxy) is 2. The predicted molar refractivity (Wildman–Crippen MR) is 82.4 cm³/mol. The van der Waals surface area contributed by atoms with E-state index in [0.29, 0.717) is 5.56 Å². The van der Waals surface area contributed by atoms with Gasteiger partial charge in [-0.25, -0.2) is 4.79 Å². The zero-order valence-corrected chi connectivity index (χ0v) is 12.9. The van der Waals surface area contributed by atoms with Crippen molar-refractivity contribution in [2.45, 2.75) is 37.9 Å². The summed E-state index contributed by atoms with van der Waals surface area (Å²) in [5.41, 5.74) is 1.18. The third-order valence-corrected chi connectivity index (χ3v) is 5.45. The van der Waals surface area contributed by atoms with Crippen LogP contribution in [0.25, 0.3) is 0 Å². The molecular formula is C16H20O4S. The lowest BCUT2D eigenvalue weighted by Crippen LogP contribution is -2.43. The molecule has 0 radical (unpaired) electrons. The monoisotopic (exact) mass is 308 g/mol. The van der Waals surface area contributed by atoms with Crippen LogP contribution in [0.2, 0.25) is 0 Å². The van der Waals surface area contributed by atoms with Crippen LogP contribution in [0, 0.1) is 6.92 Å². The van der Waals surface area contributed by atoms with Gasteiger partial charge in [-0.15, -0.1) is 0 Å². The van der Waals surface area contributed by atoms with Crippen molar-refractivity contribution >= 4 is 17.7 Å². The van der Waals surface area contributed by atoms with E-state index in [4.69, 9.17) is 14.6 Å². The normalized spacial score (nSPS) is 28.7. The van der Waals surface area contributed by atoms with Crippen LogP contribution < -0.4 is 4.74 Å². The van der Waals surface area contributed by atoms with Gasteiger partial charge in [0, 0.05) is 18.6 Å². The van der Waals surface area contributed by atoms with Gasteiger partial charge < -0.3 is 14.6 Å². The first-order valence-electron chi connectivity index (χ1n) is 7.30. The minimum absolute atomic E-state index is 0.00247. The minimum Gasteiger partial charge on any atom is -0.490 e. The molecule has 2 atom stereocenters. The quantitative estimate of drug-likeness (QED) is 0.929. The van der Waals surface area contributed by atoms with Crippen LogP contribution in [0.4, 0.5) is 0 Å². The molecule has 2 heterocycles. The predicted octanol–water partition coefficient (Wildman–Crippen LogP) is 3.13. The molecule has 2 unspecified atom stereocenters. The lowest BCUT2D eigenvalue weighted by Gasteiger charge is -2.37. The lowest BCUT2D eigenvalue weighted by molar-refractivity contribution is -0.0959. The van der Waals surface area contributed by atoms with E-state index in [1.54, 1.807) is 18.2 Å². The molecule has 0 saturated carbocycles. The Bertz CT molecular complexity index is 537. The van der Waals surface area contributed by atoms with E-state index in [0.717, 1.165) is 42.9 Å². The maximum atomic E-state index is 11.0. The van der Waals surface area contributed by atoms with Gasteiger partial charge in [0.2, 0.25) is 0 Å². The standard InChI is InChI=1S/C16H20O4S/c1-11-8-12(15(17)18)2-3-14(11)20-13-4-6-19-16(9-13)5-7-21-10-16/h2-3,8,13H,4-7,9-10H2,1H3,(H,17,18). The molecule has 2 aliphatic rings. The maximum Gasteiger partial charge on any atom is 0.335 e. The van der Waals surface area contributed by atoms with Gasteiger partial charge in [0.05, 0.1) is 17.8 Å². The van der Waals surface area contributed by atoms with Crippen molar-refractivity contribution in [1.29, 1.82) is 0 Å². The van der Waals surface area contributed by atoms with Crippen molar-refractivity contribution in [3.8, 4) is 5.75 Å². The molecule has 2 saturated heterocycles. The molecule has 114 valence electrons. The number of rotatable bonds is 3. The topological polar surface area (TPSA) is 55.8 Å². The highest BCUT2D eigenvalue weighted by atomic mass is 32.2. The summed E-state index contributed by atoms with van der Waals surface area (Å²) in [5, 5.41) is 9.00. The Morgan fingerprint density at radius 1 is 1.52 bits per heavy atom. The molecule has 2 fully saturated rings. The van der Waals surface area contributed by atoms with Gasteiger partial charge >= 0.3 is 5.97 Å². The summed E-state index contributed by atoms with van der Waals surface area (Å²) in [6.07, 6.45) is 3.09. The Morgan fingerprint density at radius 3 is 3.05 bits per heavy atom. The molecular weight excluding hydrogens is 288 g/mol. The average Bonchev–Trinajstić information content (AvgIpc) is 2.89. The van der Waals surface area contributed by atoms with Crippen LogP contribution in [0.3, 0.4) is 0 Å². The fourth-order valence-electron chi connectivity index (χ4n) is 3.04. The SMILES string of the molecule is Cc1cc(C(=O)O)ccc1OC1CCOC2(CCSC2)C1. The van der Waals surface area contributed by atoms with Crippen LogP contribution >= 0.6 is 11.8 Å². The Kier molecular flexibility index (Phi) is 4.13. The fourth-order valence-corrected chi connectivity index (χ4v) is 4.42. The van der Waals surface area contributed by atoms with Gasteiger partial charge in [-0.3, -0.25) is 0 Å². The van der Waals surface area contributed by atoms with Crippen molar-refractivity contribution in [2.75, 3.05) is 18.1 Å². The second kappa shape index (κ2) is 5.89. The van der Waals surface area contributed by atoms with Gasteiger partial charge in [-0.1, -0.05) is 0 Å². The summed E-state index contributed by atoms with van der Waals surface area (Å²) in [4.78, 5) is 11.0. The van der Waals surface area contributed by atoms with Gasteiger partial charge in [-0.05, 0) is 42.9 Å². The fraction of sp³-hybridized carbons (Fsp3) is 0.562. The van der Waals surface area contributed by atoms with Crippen LogP contribution in [0.5, 0.6) is 5.75 Å². The third-order valence-electron chi connectivity index (χ3n) is 4.23. The number of carboxylic acid groups (broad SMARTS) is 1. The summed E-state index contributed by atoms with van der Waals surface area (Å²) in [6.45, 7) is 2.64. The van der Waals surface area contributed by atoms with E-state index >= 15 is 0 Å². The number of hydrogen-bond acceptors (Lipinski definition) is 4. The second-order valence-corrected chi connectivity index (χ2v) is 6.96. The Morgan fingerprint density at radius 2 is 2.38 bits per heavy atom. The third kappa shape index (κ3) is 3.19. The van der Waals surface area contributed by atoms with Crippen LogP contribution in [-0.2, 0) is 4.74 Å². The van der Waals surface area contributed by atoms with E-state index in [2.05, 4.69) is 0 Å². The largest absolute Gasteiger partial charge is 0.490 e. The van der Waals surface area contributed by atoms with Crippen molar-refractivity contribution in [3.63, 3.8) is 0 Å². The molecule has 1 aromatic rings. The Balaban J connectivity index is 1.70. The van der Waals surface area contributed by atoms with E-state index in [9.17, 15) is 4.79 Å². The van der Waals surface area contributed by atoms with Gasteiger partial charge in [0.25, 0.3) is 0 Å². The zero-order valence-electron chi connectivity index (χ0n) is 12.1. The molecule has 2 aliphatic heterocycles. The molecule has 4 nitrogen and oxygen atoms in total. The summed E-state index contributed by atoms with van der Waals surface area (Å²) in [5.74, 6) is 2.11. The highest BCUT2D eigenvalue weighted by Crippen LogP contribution is 2.39.